The predicted octanol–water partition coefficient (Wildman–Crippen LogP) is 5.01. The topological polar surface area (TPSA) is 88.4 Å². The minimum atomic E-state index is -1.04. The summed E-state index contributed by atoms with van der Waals surface area (Å²) >= 11 is 5.94. The molecule has 3 rings (SSSR count). The van der Waals surface area contributed by atoms with Crippen LogP contribution in [-0.4, -0.2) is 25.6 Å². The number of nitriles is 1. The smallest absolute Gasteiger partial charge is 0.337 e. The van der Waals surface area contributed by atoms with Gasteiger partial charge in [-0.1, -0.05) is 48.0 Å². The Bertz CT molecular complexity index is 1140. The van der Waals surface area contributed by atoms with E-state index < -0.39 is 18.0 Å². The Morgan fingerprint density at radius 1 is 1.03 bits per heavy atom. The second-order valence-corrected chi connectivity index (χ2v) is 7.00. The molecule has 7 heteroatoms. The van der Waals surface area contributed by atoms with Crippen molar-refractivity contribution >= 4 is 29.2 Å². The van der Waals surface area contributed by atoms with Crippen molar-refractivity contribution in [1.29, 1.82) is 5.26 Å². The molecule has 0 fully saturated rings. The van der Waals surface area contributed by atoms with Gasteiger partial charge in [0, 0.05) is 16.3 Å². The van der Waals surface area contributed by atoms with Gasteiger partial charge in [-0.3, -0.25) is 4.79 Å². The number of benzene rings is 3. The van der Waals surface area contributed by atoms with Crippen LogP contribution in [0.2, 0.25) is 5.02 Å². The molecular formula is C24H19ClN2O4. The summed E-state index contributed by atoms with van der Waals surface area (Å²) in [7, 11) is 1.34. The molecule has 31 heavy (non-hydrogen) atoms. The largest absolute Gasteiger partial charge is 0.465 e. The number of nitrogens with one attached hydrogen (secondary N) is 1. The molecule has 3 aromatic rings. The molecule has 0 amide bonds. The number of carbonyl (C=O) groups is 2. The number of esters is 2. The van der Waals surface area contributed by atoms with Crippen LogP contribution in [0.3, 0.4) is 0 Å². The van der Waals surface area contributed by atoms with Crippen molar-refractivity contribution < 1.29 is 19.1 Å². The summed E-state index contributed by atoms with van der Waals surface area (Å²) in [5, 5.41) is 12.8. The van der Waals surface area contributed by atoms with Crippen molar-refractivity contribution in [2.75, 3.05) is 19.0 Å². The van der Waals surface area contributed by atoms with Gasteiger partial charge in [-0.2, -0.15) is 5.26 Å². The number of rotatable bonds is 7. The second-order valence-electron chi connectivity index (χ2n) is 6.56. The van der Waals surface area contributed by atoms with Crippen LogP contribution in [0.1, 0.15) is 22.0 Å². The van der Waals surface area contributed by atoms with Crippen LogP contribution in [0.15, 0.2) is 72.8 Å². The maximum atomic E-state index is 12.2. The van der Waals surface area contributed by atoms with Gasteiger partial charge >= 0.3 is 11.9 Å². The van der Waals surface area contributed by atoms with E-state index in [0.29, 0.717) is 21.8 Å². The highest BCUT2D eigenvalue weighted by molar-refractivity contribution is 6.30. The fourth-order valence-electron chi connectivity index (χ4n) is 2.94. The number of ether oxygens (including phenoxy) is 2. The van der Waals surface area contributed by atoms with Gasteiger partial charge in [0.05, 0.1) is 12.7 Å². The first-order valence-electron chi connectivity index (χ1n) is 9.37. The summed E-state index contributed by atoms with van der Waals surface area (Å²) in [4.78, 5) is 24.0. The lowest BCUT2D eigenvalue weighted by Crippen LogP contribution is -2.19. The van der Waals surface area contributed by atoms with E-state index >= 15 is 0 Å². The molecule has 0 aromatic heterocycles. The van der Waals surface area contributed by atoms with Crippen molar-refractivity contribution in [2.24, 2.45) is 0 Å². The fraction of sp³-hybridized carbons (Fsp3) is 0.125. The van der Waals surface area contributed by atoms with Crippen LogP contribution in [0.25, 0.3) is 11.1 Å². The molecule has 0 saturated carbocycles. The third kappa shape index (κ3) is 5.84. The number of methoxy groups -OCH3 is 1. The Morgan fingerprint density at radius 2 is 1.74 bits per heavy atom. The van der Waals surface area contributed by atoms with Crippen LogP contribution in [0.5, 0.6) is 0 Å². The van der Waals surface area contributed by atoms with Gasteiger partial charge in [0.1, 0.15) is 12.6 Å². The monoisotopic (exact) mass is 434 g/mol. The van der Waals surface area contributed by atoms with Gasteiger partial charge in [0.15, 0.2) is 0 Å². The summed E-state index contributed by atoms with van der Waals surface area (Å²) in [6.07, 6.45) is -1.04. The number of halogens is 1. The van der Waals surface area contributed by atoms with Crippen LogP contribution in [-0.2, 0) is 14.3 Å². The molecule has 1 N–H and O–H groups in total. The van der Waals surface area contributed by atoms with Crippen LogP contribution in [0.4, 0.5) is 5.69 Å². The molecular weight excluding hydrogens is 416 g/mol. The number of anilines is 1. The molecule has 1 atom stereocenters. The van der Waals surface area contributed by atoms with E-state index in [4.69, 9.17) is 21.1 Å². The molecule has 0 bridgehead atoms. The van der Waals surface area contributed by atoms with Gasteiger partial charge < -0.3 is 14.8 Å². The molecule has 0 saturated heterocycles. The minimum absolute atomic E-state index is 0.121. The summed E-state index contributed by atoms with van der Waals surface area (Å²) in [5.41, 5.74) is 3.34. The van der Waals surface area contributed by atoms with E-state index in [-0.39, 0.29) is 6.54 Å². The van der Waals surface area contributed by atoms with Crippen molar-refractivity contribution in [3.63, 3.8) is 0 Å². The zero-order valence-corrected chi connectivity index (χ0v) is 17.4. The first kappa shape index (κ1) is 21.9. The zero-order chi connectivity index (χ0) is 22.2. The second kappa shape index (κ2) is 10.3. The molecule has 0 aliphatic rings. The Labute approximate surface area is 185 Å². The summed E-state index contributed by atoms with van der Waals surface area (Å²) in [6, 6.07) is 23.0. The zero-order valence-electron chi connectivity index (χ0n) is 16.7. The highest BCUT2D eigenvalue weighted by Gasteiger charge is 2.16. The highest BCUT2D eigenvalue weighted by Crippen LogP contribution is 2.24. The number of carbonyl (C=O) groups excluding carboxylic acids is 2. The Kier molecular flexibility index (Phi) is 7.26. The van der Waals surface area contributed by atoms with Crippen molar-refractivity contribution in [2.45, 2.75) is 6.10 Å². The summed E-state index contributed by atoms with van der Waals surface area (Å²) < 4.78 is 10.0. The molecule has 3 aromatic carbocycles. The lowest BCUT2D eigenvalue weighted by molar-refractivity contribution is -0.144. The van der Waals surface area contributed by atoms with Gasteiger partial charge in [-0.15, -0.1) is 0 Å². The van der Waals surface area contributed by atoms with Gasteiger partial charge in [-0.05, 0) is 47.5 Å². The number of nitrogens with zero attached hydrogens (tertiary/aromatic N) is 1. The van der Waals surface area contributed by atoms with E-state index in [1.165, 1.54) is 7.11 Å². The molecule has 156 valence electrons. The minimum Gasteiger partial charge on any atom is -0.465 e. The third-order valence-corrected chi connectivity index (χ3v) is 4.67. The van der Waals surface area contributed by atoms with E-state index in [9.17, 15) is 14.9 Å². The quantitative estimate of drug-likeness (QED) is 0.525. The van der Waals surface area contributed by atoms with Crippen LogP contribution >= 0.6 is 11.6 Å². The lowest BCUT2D eigenvalue weighted by Gasteiger charge is -2.13. The Morgan fingerprint density at radius 3 is 2.45 bits per heavy atom. The molecule has 6 nitrogen and oxygen atoms in total. The van der Waals surface area contributed by atoms with Crippen molar-refractivity contribution in [3.05, 3.63) is 88.9 Å². The van der Waals surface area contributed by atoms with Crippen LogP contribution < -0.4 is 5.32 Å². The fourth-order valence-corrected chi connectivity index (χ4v) is 3.14. The molecule has 0 spiro atoms. The van der Waals surface area contributed by atoms with E-state index in [1.54, 1.807) is 48.5 Å². The highest BCUT2D eigenvalue weighted by atomic mass is 35.5. The first-order valence-corrected chi connectivity index (χ1v) is 9.75. The first-order chi connectivity index (χ1) is 15.0. The van der Waals surface area contributed by atoms with E-state index in [0.717, 1.165) is 11.1 Å². The lowest BCUT2D eigenvalue weighted by atomic mass is 10.0. The van der Waals surface area contributed by atoms with E-state index in [1.807, 2.05) is 30.3 Å². The molecule has 0 heterocycles. The van der Waals surface area contributed by atoms with Gasteiger partial charge in [0.25, 0.3) is 0 Å². The Hall–Kier alpha value is -3.82. The normalized spacial score (nSPS) is 11.1. The average Bonchev–Trinajstić information content (AvgIpc) is 2.81. The van der Waals surface area contributed by atoms with Crippen molar-refractivity contribution in [3.8, 4) is 17.2 Å². The summed E-state index contributed by atoms with van der Waals surface area (Å²) in [6.45, 7) is -0.121. The van der Waals surface area contributed by atoms with Crippen LogP contribution in [0, 0.1) is 11.3 Å². The molecule has 0 unspecified atom stereocenters. The van der Waals surface area contributed by atoms with E-state index in [2.05, 4.69) is 5.32 Å². The Balaban J connectivity index is 1.66. The van der Waals surface area contributed by atoms with Crippen molar-refractivity contribution in [1.82, 2.24) is 0 Å². The van der Waals surface area contributed by atoms with Gasteiger partial charge in [0.2, 0.25) is 6.10 Å². The predicted molar refractivity (Wildman–Crippen MR) is 118 cm³/mol. The number of hydrogen-bond acceptors (Lipinski definition) is 6. The maximum Gasteiger partial charge on any atom is 0.337 e. The molecule has 0 aliphatic carbocycles. The standard InChI is InChI=1S/C24H19ClN2O4/c1-30-24(29)19-8-2-5-16(11-19)17-6-4-10-21(13-17)27-15-23(28)31-22(14-26)18-7-3-9-20(25)12-18/h2-13,22,27H,15H2,1H3/t22-/m0/s1. The van der Waals surface area contributed by atoms with Gasteiger partial charge in [-0.25, -0.2) is 4.79 Å². The third-order valence-electron chi connectivity index (χ3n) is 4.43. The SMILES string of the molecule is COC(=O)c1cccc(-c2cccc(NCC(=O)O[C@@H](C#N)c3cccc(Cl)c3)c2)c1. The average molecular weight is 435 g/mol. The maximum absolute atomic E-state index is 12.2. The molecule has 0 radical (unpaired) electrons. The molecule has 0 aliphatic heterocycles. The summed E-state index contributed by atoms with van der Waals surface area (Å²) in [5.74, 6) is -0.991. The number of hydrogen-bond donors (Lipinski definition) is 1.